The predicted molar refractivity (Wildman–Crippen MR) is 52.4 cm³/mol. The number of hydrogen-bond acceptors (Lipinski definition) is 1. The molecule has 0 unspecified atom stereocenters. The van der Waals surface area contributed by atoms with E-state index in [4.69, 9.17) is 4.74 Å². The Morgan fingerprint density at radius 3 is 2.67 bits per heavy atom. The van der Waals surface area contributed by atoms with Crippen molar-refractivity contribution in [3.8, 4) is 5.75 Å². The molecule has 0 saturated carbocycles. The topological polar surface area (TPSA) is 9.23 Å². The van der Waals surface area contributed by atoms with E-state index in [1.54, 1.807) is 7.11 Å². The summed E-state index contributed by atoms with van der Waals surface area (Å²) in [7, 11) is 1.70. The second-order valence-electron chi connectivity index (χ2n) is 2.73. The van der Waals surface area contributed by atoms with E-state index in [1.165, 1.54) is 11.1 Å². The van der Waals surface area contributed by atoms with Crippen LogP contribution in [0.15, 0.2) is 24.3 Å². The highest BCUT2D eigenvalue weighted by Crippen LogP contribution is 2.19. The molecule has 0 aromatic heterocycles. The van der Waals surface area contributed by atoms with Crippen molar-refractivity contribution in [2.45, 2.75) is 13.8 Å². The molecule has 0 fully saturated rings. The number of ether oxygens (including phenoxy) is 1. The van der Waals surface area contributed by atoms with Crippen molar-refractivity contribution in [3.05, 3.63) is 35.4 Å². The summed E-state index contributed by atoms with van der Waals surface area (Å²) in [6.45, 7) is 4.05. The van der Waals surface area contributed by atoms with E-state index in [1.807, 2.05) is 26.0 Å². The van der Waals surface area contributed by atoms with Crippen molar-refractivity contribution < 1.29 is 4.74 Å². The zero-order chi connectivity index (χ0) is 8.97. The van der Waals surface area contributed by atoms with Gasteiger partial charge in [0.1, 0.15) is 5.75 Å². The van der Waals surface area contributed by atoms with Crippen LogP contribution in [0.3, 0.4) is 0 Å². The first-order valence-electron chi connectivity index (χ1n) is 4.05. The number of allylic oxidation sites excluding steroid dienone is 1. The van der Waals surface area contributed by atoms with Gasteiger partial charge in [-0.2, -0.15) is 0 Å². The highest BCUT2D eigenvalue weighted by molar-refractivity contribution is 5.53. The van der Waals surface area contributed by atoms with Crippen LogP contribution in [0.5, 0.6) is 5.75 Å². The van der Waals surface area contributed by atoms with E-state index in [0.717, 1.165) is 5.75 Å². The van der Waals surface area contributed by atoms with Crippen LogP contribution in [0.2, 0.25) is 0 Å². The Morgan fingerprint density at radius 1 is 1.33 bits per heavy atom. The monoisotopic (exact) mass is 162 g/mol. The number of benzene rings is 1. The van der Waals surface area contributed by atoms with E-state index in [0.29, 0.717) is 0 Å². The molecule has 12 heavy (non-hydrogen) atoms. The third-order valence-corrected chi connectivity index (χ3v) is 1.79. The van der Waals surface area contributed by atoms with Gasteiger partial charge in [-0.25, -0.2) is 0 Å². The predicted octanol–water partition coefficient (Wildman–Crippen LogP) is 3.04. The first kappa shape index (κ1) is 8.85. The van der Waals surface area contributed by atoms with Crippen LogP contribution in [-0.2, 0) is 0 Å². The minimum atomic E-state index is 0.950. The molecule has 0 amide bonds. The van der Waals surface area contributed by atoms with Gasteiger partial charge in [-0.3, -0.25) is 0 Å². The smallest absolute Gasteiger partial charge is 0.122 e. The summed E-state index contributed by atoms with van der Waals surface area (Å²) in [6, 6.07) is 6.18. The van der Waals surface area contributed by atoms with Crippen LogP contribution < -0.4 is 4.74 Å². The second kappa shape index (κ2) is 3.96. The van der Waals surface area contributed by atoms with Gasteiger partial charge in [0.15, 0.2) is 0 Å². The minimum absolute atomic E-state index is 0.950. The second-order valence-corrected chi connectivity index (χ2v) is 2.73. The molecule has 0 atom stereocenters. The van der Waals surface area contributed by atoms with Gasteiger partial charge in [0.2, 0.25) is 0 Å². The van der Waals surface area contributed by atoms with E-state index >= 15 is 0 Å². The van der Waals surface area contributed by atoms with Crippen molar-refractivity contribution in [2.75, 3.05) is 7.11 Å². The van der Waals surface area contributed by atoms with Gasteiger partial charge in [0, 0.05) is 0 Å². The molecule has 0 aliphatic rings. The average molecular weight is 162 g/mol. The molecule has 0 saturated heterocycles. The van der Waals surface area contributed by atoms with Crippen LogP contribution in [0, 0.1) is 6.92 Å². The maximum Gasteiger partial charge on any atom is 0.122 e. The Kier molecular flexibility index (Phi) is 2.92. The Hall–Kier alpha value is -1.24. The summed E-state index contributed by atoms with van der Waals surface area (Å²) in [4.78, 5) is 0. The SMILES string of the molecule is CC=Cc1ccc(C)c(OC)c1. The summed E-state index contributed by atoms with van der Waals surface area (Å²) in [5, 5.41) is 0. The molecule has 0 aliphatic heterocycles. The van der Waals surface area contributed by atoms with Crippen molar-refractivity contribution in [1.29, 1.82) is 0 Å². The third-order valence-electron chi connectivity index (χ3n) is 1.79. The molecule has 1 rings (SSSR count). The quantitative estimate of drug-likeness (QED) is 0.649. The van der Waals surface area contributed by atoms with Crippen LogP contribution >= 0.6 is 0 Å². The summed E-state index contributed by atoms with van der Waals surface area (Å²) < 4.78 is 5.20. The first-order chi connectivity index (χ1) is 5.77. The molecule has 0 spiro atoms. The van der Waals surface area contributed by atoms with Gasteiger partial charge in [-0.05, 0) is 31.0 Å². The molecule has 1 nitrogen and oxygen atoms in total. The highest BCUT2D eigenvalue weighted by Gasteiger charge is 1.96. The Balaban J connectivity index is 3.05. The lowest BCUT2D eigenvalue weighted by Crippen LogP contribution is -1.86. The van der Waals surface area contributed by atoms with Gasteiger partial charge in [0.25, 0.3) is 0 Å². The Bertz CT molecular complexity index is 287. The summed E-state index contributed by atoms with van der Waals surface area (Å²) >= 11 is 0. The maximum atomic E-state index is 5.20. The molecular weight excluding hydrogens is 148 g/mol. The lowest BCUT2D eigenvalue weighted by atomic mass is 10.1. The Labute approximate surface area is 73.7 Å². The van der Waals surface area contributed by atoms with Crippen LogP contribution in [0.4, 0.5) is 0 Å². The van der Waals surface area contributed by atoms with Crippen LogP contribution in [0.1, 0.15) is 18.1 Å². The van der Waals surface area contributed by atoms with Gasteiger partial charge in [-0.15, -0.1) is 0 Å². The van der Waals surface area contributed by atoms with Crippen LogP contribution in [0.25, 0.3) is 6.08 Å². The fourth-order valence-corrected chi connectivity index (χ4v) is 1.13. The third kappa shape index (κ3) is 1.88. The molecule has 1 aromatic carbocycles. The number of rotatable bonds is 2. The van der Waals surface area contributed by atoms with Gasteiger partial charge >= 0.3 is 0 Å². The molecule has 64 valence electrons. The van der Waals surface area contributed by atoms with E-state index in [2.05, 4.69) is 18.2 Å². The van der Waals surface area contributed by atoms with Gasteiger partial charge in [-0.1, -0.05) is 24.3 Å². The van der Waals surface area contributed by atoms with Crippen molar-refractivity contribution in [3.63, 3.8) is 0 Å². The fourth-order valence-electron chi connectivity index (χ4n) is 1.13. The summed E-state index contributed by atoms with van der Waals surface area (Å²) in [5.41, 5.74) is 2.35. The highest BCUT2D eigenvalue weighted by atomic mass is 16.5. The zero-order valence-corrected chi connectivity index (χ0v) is 7.79. The van der Waals surface area contributed by atoms with Gasteiger partial charge < -0.3 is 4.74 Å². The van der Waals surface area contributed by atoms with E-state index in [9.17, 15) is 0 Å². The normalized spacial score (nSPS) is 10.6. The number of methoxy groups -OCH3 is 1. The first-order valence-corrected chi connectivity index (χ1v) is 4.05. The average Bonchev–Trinajstić information content (AvgIpc) is 2.09. The molecule has 0 radical (unpaired) electrons. The Morgan fingerprint density at radius 2 is 2.08 bits per heavy atom. The largest absolute Gasteiger partial charge is 0.496 e. The lowest BCUT2D eigenvalue weighted by Gasteiger charge is -2.04. The molecule has 0 heterocycles. The molecule has 1 heteroatoms. The summed E-state index contributed by atoms with van der Waals surface area (Å²) in [5.74, 6) is 0.950. The lowest BCUT2D eigenvalue weighted by molar-refractivity contribution is 0.411. The maximum absolute atomic E-state index is 5.20. The fraction of sp³-hybridized carbons (Fsp3) is 0.273. The molecular formula is C11H14O. The molecule has 1 aromatic rings. The minimum Gasteiger partial charge on any atom is -0.496 e. The van der Waals surface area contributed by atoms with Crippen molar-refractivity contribution in [1.82, 2.24) is 0 Å². The molecule has 0 N–H and O–H groups in total. The summed E-state index contributed by atoms with van der Waals surface area (Å²) in [6.07, 6.45) is 4.08. The van der Waals surface area contributed by atoms with Gasteiger partial charge in [0.05, 0.1) is 7.11 Å². The molecule has 0 aliphatic carbocycles. The van der Waals surface area contributed by atoms with Crippen molar-refractivity contribution >= 4 is 6.08 Å². The number of aryl methyl sites for hydroxylation is 1. The van der Waals surface area contributed by atoms with Crippen LogP contribution in [-0.4, -0.2) is 7.11 Å². The standard InChI is InChI=1S/C11H14O/c1-4-5-10-7-6-9(2)11(8-10)12-3/h4-8H,1-3H3. The van der Waals surface area contributed by atoms with E-state index in [-0.39, 0.29) is 0 Å². The molecule has 0 bridgehead atoms. The number of hydrogen-bond donors (Lipinski definition) is 0. The zero-order valence-electron chi connectivity index (χ0n) is 7.79. The van der Waals surface area contributed by atoms with E-state index < -0.39 is 0 Å². The van der Waals surface area contributed by atoms with Crippen molar-refractivity contribution in [2.24, 2.45) is 0 Å².